The zero-order valence-electron chi connectivity index (χ0n) is 18.4. The molecule has 0 amide bonds. The van der Waals surface area contributed by atoms with Gasteiger partial charge in [-0.3, -0.25) is 9.59 Å². The van der Waals surface area contributed by atoms with Crippen LogP contribution in [0.1, 0.15) is 86.5 Å². The van der Waals surface area contributed by atoms with Gasteiger partial charge in [0.05, 0.1) is 30.7 Å². The van der Waals surface area contributed by atoms with Crippen molar-refractivity contribution in [1.29, 1.82) is 0 Å². The van der Waals surface area contributed by atoms with E-state index in [1.807, 2.05) is 20.8 Å². The summed E-state index contributed by atoms with van der Waals surface area (Å²) in [6.45, 7) is 15.1. The van der Waals surface area contributed by atoms with Crippen molar-refractivity contribution in [2.45, 2.75) is 105 Å². The summed E-state index contributed by atoms with van der Waals surface area (Å²) in [5, 5.41) is 0. The maximum absolute atomic E-state index is 12.6. The van der Waals surface area contributed by atoms with Gasteiger partial charge in [0.25, 0.3) is 0 Å². The van der Waals surface area contributed by atoms with Gasteiger partial charge in [0.1, 0.15) is 0 Å². The van der Waals surface area contributed by atoms with Gasteiger partial charge in [-0.05, 0) is 40.0 Å². The number of ether oxygens (including phenoxy) is 3. The number of esters is 3. The van der Waals surface area contributed by atoms with Gasteiger partial charge in [-0.25, -0.2) is 4.79 Å². The molecule has 0 aromatic rings. The van der Waals surface area contributed by atoms with E-state index in [2.05, 4.69) is 6.58 Å². The molecular formula is C22H38O6. The van der Waals surface area contributed by atoms with Gasteiger partial charge in [-0.15, -0.1) is 0 Å². The predicted molar refractivity (Wildman–Crippen MR) is 109 cm³/mol. The zero-order chi connectivity index (χ0) is 21.7. The molecule has 4 atom stereocenters. The number of carbonyl (C=O) groups is 3. The molecule has 0 N–H and O–H groups in total. The average molecular weight is 399 g/mol. The van der Waals surface area contributed by atoms with Crippen LogP contribution < -0.4 is 0 Å². The second kappa shape index (κ2) is 14.2. The molecule has 0 aliphatic carbocycles. The smallest absolute Gasteiger partial charge is 0.334 e. The summed E-state index contributed by atoms with van der Waals surface area (Å²) < 4.78 is 16.1. The molecule has 4 unspecified atom stereocenters. The fraction of sp³-hybridized carbons (Fsp3) is 0.773. The molecule has 28 heavy (non-hydrogen) atoms. The fourth-order valence-corrected chi connectivity index (χ4v) is 2.87. The molecule has 0 bridgehead atoms. The first-order chi connectivity index (χ1) is 13.2. The predicted octanol–water partition coefficient (Wildman–Crippen LogP) is 4.74. The van der Waals surface area contributed by atoms with Crippen molar-refractivity contribution >= 4 is 17.9 Å². The molecule has 0 aromatic carbocycles. The van der Waals surface area contributed by atoms with Crippen LogP contribution in [-0.2, 0) is 28.6 Å². The largest absolute Gasteiger partial charge is 0.463 e. The molecule has 0 radical (unpaired) electrons. The van der Waals surface area contributed by atoms with E-state index in [1.54, 1.807) is 20.8 Å². The highest BCUT2D eigenvalue weighted by atomic mass is 16.6. The molecule has 162 valence electrons. The van der Waals surface area contributed by atoms with Gasteiger partial charge in [0.15, 0.2) is 0 Å². The van der Waals surface area contributed by atoms with E-state index < -0.39 is 23.8 Å². The molecule has 0 rings (SSSR count). The number of hydrogen-bond donors (Lipinski definition) is 0. The third kappa shape index (κ3) is 10.5. The first kappa shape index (κ1) is 26.1. The Bertz CT molecular complexity index is 513. The summed E-state index contributed by atoms with van der Waals surface area (Å²) in [5.74, 6) is -2.99. The van der Waals surface area contributed by atoms with Crippen molar-refractivity contribution in [3.63, 3.8) is 0 Å². The van der Waals surface area contributed by atoms with Crippen molar-refractivity contribution in [1.82, 2.24) is 0 Å². The summed E-state index contributed by atoms with van der Waals surface area (Å²) >= 11 is 0. The zero-order valence-corrected chi connectivity index (χ0v) is 18.4. The van der Waals surface area contributed by atoms with E-state index in [1.165, 1.54) is 0 Å². The van der Waals surface area contributed by atoms with Gasteiger partial charge >= 0.3 is 17.9 Å². The van der Waals surface area contributed by atoms with Gasteiger partial charge in [-0.1, -0.05) is 46.6 Å². The summed E-state index contributed by atoms with van der Waals surface area (Å²) in [4.78, 5) is 37.3. The maximum Gasteiger partial charge on any atom is 0.334 e. The Morgan fingerprint density at radius 1 is 0.750 bits per heavy atom. The number of carbonyl (C=O) groups excluding carboxylic acids is 3. The summed E-state index contributed by atoms with van der Waals surface area (Å²) in [6.07, 6.45) is 3.59. The molecule has 0 aromatic heterocycles. The van der Waals surface area contributed by atoms with Crippen LogP contribution in [-0.4, -0.2) is 36.2 Å². The summed E-state index contributed by atoms with van der Waals surface area (Å²) in [5.41, 5.74) is -0.0725. The van der Waals surface area contributed by atoms with Gasteiger partial charge in [0.2, 0.25) is 0 Å². The summed E-state index contributed by atoms with van der Waals surface area (Å²) in [6, 6.07) is 0. The van der Waals surface area contributed by atoms with Crippen LogP contribution in [0.25, 0.3) is 0 Å². The highest BCUT2D eigenvalue weighted by Crippen LogP contribution is 2.21. The van der Waals surface area contributed by atoms with Crippen LogP contribution >= 0.6 is 0 Å². The first-order valence-electron chi connectivity index (χ1n) is 10.5. The minimum atomic E-state index is -1.11. The molecule has 6 nitrogen and oxygen atoms in total. The van der Waals surface area contributed by atoms with Crippen LogP contribution in [0.5, 0.6) is 0 Å². The van der Waals surface area contributed by atoms with E-state index >= 15 is 0 Å². The monoisotopic (exact) mass is 398 g/mol. The lowest BCUT2D eigenvalue weighted by Gasteiger charge is -2.22. The summed E-state index contributed by atoms with van der Waals surface area (Å²) in [7, 11) is 0. The van der Waals surface area contributed by atoms with E-state index in [4.69, 9.17) is 14.2 Å². The lowest BCUT2D eigenvalue weighted by atomic mass is 9.96. The SMILES string of the molecule is C=C(C(=O)OC(C)CCC)C(CC(=O)OC(C)CCC)C(=O)OC(C)CCC. The second-order valence-electron chi connectivity index (χ2n) is 7.41. The van der Waals surface area contributed by atoms with Crippen molar-refractivity contribution in [2.75, 3.05) is 0 Å². The van der Waals surface area contributed by atoms with Crippen molar-refractivity contribution < 1.29 is 28.6 Å². The van der Waals surface area contributed by atoms with Crippen molar-refractivity contribution in [3.05, 3.63) is 12.2 Å². The van der Waals surface area contributed by atoms with E-state index in [0.717, 1.165) is 25.7 Å². The standard InChI is InChI=1S/C22H38O6/c1-8-11-15(4)26-20(23)14-19(22(25)28-17(6)13-10-3)18(7)21(24)27-16(5)12-9-2/h15-17,19H,7-14H2,1-6H3. The second-order valence-corrected chi connectivity index (χ2v) is 7.41. The highest BCUT2D eigenvalue weighted by Gasteiger charge is 2.33. The molecule has 0 spiro atoms. The molecule has 0 aliphatic heterocycles. The van der Waals surface area contributed by atoms with Gasteiger partial charge in [0, 0.05) is 5.57 Å². The molecular weight excluding hydrogens is 360 g/mol. The van der Waals surface area contributed by atoms with Crippen LogP contribution in [0.4, 0.5) is 0 Å². The number of rotatable bonds is 14. The topological polar surface area (TPSA) is 78.9 Å². The maximum atomic E-state index is 12.6. The Kier molecular flexibility index (Phi) is 13.3. The first-order valence-corrected chi connectivity index (χ1v) is 10.5. The lowest BCUT2D eigenvalue weighted by Crippen LogP contribution is -2.31. The Morgan fingerprint density at radius 3 is 1.64 bits per heavy atom. The Labute approximate surface area is 170 Å². The van der Waals surface area contributed by atoms with Gasteiger partial charge < -0.3 is 14.2 Å². The Morgan fingerprint density at radius 2 is 1.18 bits per heavy atom. The molecule has 0 heterocycles. The normalized spacial score (nSPS) is 15.1. The van der Waals surface area contributed by atoms with E-state index in [-0.39, 0.29) is 30.3 Å². The van der Waals surface area contributed by atoms with Gasteiger partial charge in [-0.2, -0.15) is 0 Å². The minimum Gasteiger partial charge on any atom is -0.463 e. The fourth-order valence-electron chi connectivity index (χ4n) is 2.87. The molecule has 0 saturated carbocycles. The van der Waals surface area contributed by atoms with Crippen molar-refractivity contribution in [3.8, 4) is 0 Å². The lowest BCUT2D eigenvalue weighted by molar-refractivity contribution is -0.161. The van der Waals surface area contributed by atoms with Crippen LogP contribution in [0, 0.1) is 5.92 Å². The highest BCUT2D eigenvalue weighted by molar-refractivity contribution is 5.96. The molecule has 0 fully saturated rings. The van der Waals surface area contributed by atoms with E-state index in [0.29, 0.717) is 12.8 Å². The molecule has 0 aliphatic rings. The third-order valence-electron chi connectivity index (χ3n) is 4.38. The van der Waals surface area contributed by atoms with Crippen LogP contribution in [0.2, 0.25) is 0 Å². The average Bonchev–Trinajstić information content (AvgIpc) is 2.59. The molecule has 6 heteroatoms. The van der Waals surface area contributed by atoms with Crippen molar-refractivity contribution in [2.24, 2.45) is 5.92 Å². The minimum absolute atomic E-state index is 0.0725. The Hall–Kier alpha value is -1.85. The van der Waals surface area contributed by atoms with Crippen LogP contribution in [0.15, 0.2) is 12.2 Å². The van der Waals surface area contributed by atoms with E-state index in [9.17, 15) is 14.4 Å². The number of hydrogen-bond acceptors (Lipinski definition) is 6. The Balaban J connectivity index is 5.20. The molecule has 0 saturated heterocycles. The van der Waals surface area contributed by atoms with Crippen LogP contribution in [0.3, 0.4) is 0 Å². The quantitative estimate of drug-likeness (QED) is 0.239. The third-order valence-corrected chi connectivity index (χ3v) is 4.38.